The predicted octanol–water partition coefficient (Wildman–Crippen LogP) is 2.36. The van der Waals surface area contributed by atoms with E-state index < -0.39 is 0 Å². The van der Waals surface area contributed by atoms with E-state index in [1.54, 1.807) is 7.11 Å². The number of anilines is 1. The van der Waals surface area contributed by atoms with Crippen molar-refractivity contribution in [2.45, 2.75) is 19.0 Å². The molecular weight excluding hydrogens is 304 g/mol. The third kappa shape index (κ3) is 4.13. The Morgan fingerprint density at radius 1 is 1.17 bits per heavy atom. The van der Waals surface area contributed by atoms with Crippen molar-refractivity contribution < 1.29 is 14.3 Å². The molecule has 0 spiro atoms. The zero-order valence-electron chi connectivity index (χ0n) is 13.7. The normalized spacial score (nSPS) is 16.3. The molecule has 1 unspecified atom stereocenters. The Morgan fingerprint density at radius 3 is 2.83 bits per heavy atom. The summed E-state index contributed by atoms with van der Waals surface area (Å²) in [5, 5.41) is 6.25. The molecule has 0 fully saturated rings. The third-order valence-corrected chi connectivity index (χ3v) is 4.06. The maximum atomic E-state index is 12.5. The Morgan fingerprint density at radius 2 is 2.00 bits per heavy atom. The molecule has 5 heteroatoms. The maximum absolute atomic E-state index is 12.5. The van der Waals surface area contributed by atoms with Gasteiger partial charge in [0.25, 0.3) is 0 Å². The highest BCUT2D eigenvalue weighted by Crippen LogP contribution is 2.20. The molecule has 24 heavy (non-hydrogen) atoms. The van der Waals surface area contributed by atoms with Gasteiger partial charge in [0.05, 0.1) is 12.6 Å². The number of methoxy groups -OCH3 is 1. The molecule has 0 aromatic heterocycles. The first-order chi connectivity index (χ1) is 11.8. The molecule has 3 rings (SSSR count). The number of benzene rings is 2. The van der Waals surface area contributed by atoms with E-state index in [9.17, 15) is 4.79 Å². The lowest BCUT2D eigenvalue weighted by Crippen LogP contribution is -2.44. The molecule has 126 valence electrons. The van der Waals surface area contributed by atoms with Gasteiger partial charge in [0.2, 0.25) is 5.91 Å². The average molecular weight is 326 g/mol. The Bertz CT molecular complexity index is 703. The molecule has 0 saturated heterocycles. The predicted molar refractivity (Wildman–Crippen MR) is 93.2 cm³/mol. The molecule has 1 heterocycles. The van der Waals surface area contributed by atoms with Gasteiger partial charge < -0.3 is 20.1 Å². The molecular formula is C19H22N2O3. The van der Waals surface area contributed by atoms with Crippen LogP contribution in [0.2, 0.25) is 0 Å². The SMILES string of the molecule is COCCOc1cccc(NC(=O)C2Cc3ccccc3CN2)c1. The van der Waals surface area contributed by atoms with Crippen molar-refractivity contribution in [1.82, 2.24) is 5.32 Å². The minimum absolute atomic E-state index is 0.0291. The minimum Gasteiger partial charge on any atom is -0.491 e. The largest absolute Gasteiger partial charge is 0.491 e. The molecule has 5 nitrogen and oxygen atoms in total. The van der Waals surface area contributed by atoms with E-state index in [0.29, 0.717) is 31.9 Å². The van der Waals surface area contributed by atoms with Crippen molar-refractivity contribution in [3.63, 3.8) is 0 Å². The standard InChI is InChI=1S/C19H22N2O3/c1-23-9-10-24-17-8-4-7-16(12-17)21-19(22)18-11-14-5-2-3-6-15(14)13-20-18/h2-8,12,18,20H,9-11,13H2,1H3,(H,21,22). The average Bonchev–Trinajstić information content (AvgIpc) is 2.62. The summed E-state index contributed by atoms with van der Waals surface area (Å²) in [6.45, 7) is 1.73. The van der Waals surface area contributed by atoms with E-state index in [0.717, 1.165) is 5.69 Å². The molecule has 1 aliphatic heterocycles. The minimum atomic E-state index is -0.224. The summed E-state index contributed by atoms with van der Waals surface area (Å²) >= 11 is 0. The van der Waals surface area contributed by atoms with Crippen molar-refractivity contribution in [3.8, 4) is 5.75 Å². The van der Waals surface area contributed by atoms with Crippen LogP contribution >= 0.6 is 0 Å². The molecule has 1 atom stereocenters. The van der Waals surface area contributed by atoms with E-state index in [-0.39, 0.29) is 11.9 Å². The van der Waals surface area contributed by atoms with Gasteiger partial charge in [0.1, 0.15) is 12.4 Å². The van der Waals surface area contributed by atoms with E-state index in [1.165, 1.54) is 11.1 Å². The zero-order valence-corrected chi connectivity index (χ0v) is 13.7. The fraction of sp³-hybridized carbons (Fsp3) is 0.316. The Hall–Kier alpha value is -2.37. The van der Waals surface area contributed by atoms with E-state index in [1.807, 2.05) is 36.4 Å². The number of carbonyl (C=O) groups excluding carboxylic acids is 1. The Kier molecular flexibility index (Phi) is 5.46. The quantitative estimate of drug-likeness (QED) is 0.800. The number of ether oxygens (including phenoxy) is 2. The van der Waals surface area contributed by atoms with Gasteiger partial charge in [-0.3, -0.25) is 4.79 Å². The van der Waals surface area contributed by atoms with Crippen LogP contribution in [0, 0.1) is 0 Å². The lowest BCUT2D eigenvalue weighted by Gasteiger charge is -2.25. The summed E-state index contributed by atoms with van der Waals surface area (Å²) in [5.41, 5.74) is 3.22. The van der Waals surface area contributed by atoms with Crippen LogP contribution < -0.4 is 15.4 Å². The van der Waals surface area contributed by atoms with Crippen LogP contribution in [0.3, 0.4) is 0 Å². The number of amides is 1. The molecule has 0 bridgehead atoms. The molecule has 2 aromatic rings. The monoisotopic (exact) mass is 326 g/mol. The highest BCUT2D eigenvalue weighted by molar-refractivity contribution is 5.95. The summed E-state index contributed by atoms with van der Waals surface area (Å²) in [4.78, 5) is 12.5. The van der Waals surface area contributed by atoms with Gasteiger partial charge in [-0.1, -0.05) is 30.3 Å². The molecule has 2 aromatic carbocycles. The van der Waals surface area contributed by atoms with Crippen molar-refractivity contribution >= 4 is 11.6 Å². The van der Waals surface area contributed by atoms with Crippen LogP contribution in [0.15, 0.2) is 48.5 Å². The van der Waals surface area contributed by atoms with Crippen LogP contribution in [-0.2, 0) is 22.5 Å². The molecule has 2 N–H and O–H groups in total. The fourth-order valence-electron chi connectivity index (χ4n) is 2.78. The number of hydrogen-bond acceptors (Lipinski definition) is 4. The third-order valence-electron chi connectivity index (χ3n) is 4.06. The van der Waals surface area contributed by atoms with Gasteiger partial charge in [0, 0.05) is 25.4 Å². The van der Waals surface area contributed by atoms with E-state index >= 15 is 0 Å². The summed E-state index contributed by atoms with van der Waals surface area (Å²) in [6.07, 6.45) is 0.700. The highest BCUT2D eigenvalue weighted by atomic mass is 16.5. The van der Waals surface area contributed by atoms with Crippen LogP contribution in [-0.4, -0.2) is 32.3 Å². The zero-order chi connectivity index (χ0) is 16.8. The topological polar surface area (TPSA) is 59.6 Å². The number of rotatable bonds is 6. The lowest BCUT2D eigenvalue weighted by atomic mass is 9.95. The second-order valence-corrected chi connectivity index (χ2v) is 5.76. The smallest absolute Gasteiger partial charge is 0.241 e. The van der Waals surface area contributed by atoms with Crippen molar-refractivity contribution in [3.05, 3.63) is 59.7 Å². The maximum Gasteiger partial charge on any atom is 0.241 e. The Balaban J connectivity index is 1.60. The first-order valence-corrected chi connectivity index (χ1v) is 8.09. The first kappa shape index (κ1) is 16.5. The second kappa shape index (κ2) is 7.95. The summed E-state index contributed by atoms with van der Waals surface area (Å²) in [6, 6.07) is 15.4. The Labute approximate surface area is 142 Å². The van der Waals surface area contributed by atoms with Crippen LogP contribution in [0.25, 0.3) is 0 Å². The van der Waals surface area contributed by atoms with Crippen molar-refractivity contribution in [2.75, 3.05) is 25.6 Å². The van der Waals surface area contributed by atoms with Crippen molar-refractivity contribution in [2.24, 2.45) is 0 Å². The summed E-state index contributed by atoms with van der Waals surface area (Å²) < 4.78 is 10.5. The molecule has 0 saturated carbocycles. The summed E-state index contributed by atoms with van der Waals surface area (Å²) in [7, 11) is 1.63. The van der Waals surface area contributed by atoms with Gasteiger partial charge >= 0.3 is 0 Å². The van der Waals surface area contributed by atoms with Crippen LogP contribution in [0.1, 0.15) is 11.1 Å². The van der Waals surface area contributed by atoms with Gasteiger partial charge in [-0.25, -0.2) is 0 Å². The number of hydrogen-bond donors (Lipinski definition) is 2. The van der Waals surface area contributed by atoms with Gasteiger partial charge in [0.15, 0.2) is 0 Å². The van der Waals surface area contributed by atoms with Crippen molar-refractivity contribution in [1.29, 1.82) is 0 Å². The van der Waals surface area contributed by atoms with Gasteiger partial charge in [-0.2, -0.15) is 0 Å². The first-order valence-electron chi connectivity index (χ1n) is 8.09. The summed E-state index contributed by atoms with van der Waals surface area (Å²) in [5.74, 6) is 0.686. The van der Waals surface area contributed by atoms with E-state index in [2.05, 4.69) is 22.8 Å². The number of nitrogens with one attached hydrogen (secondary N) is 2. The fourth-order valence-corrected chi connectivity index (χ4v) is 2.78. The molecule has 0 aliphatic carbocycles. The molecule has 1 aliphatic rings. The molecule has 0 radical (unpaired) electrons. The molecule has 1 amide bonds. The second-order valence-electron chi connectivity index (χ2n) is 5.76. The lowest BCUT2D eigenvalue weighted by molar-refractivity contribution is -0.118. The van der Waals surface area contributed by atoms with Crippen LogP contribution in [0.5, 0.6) is 5.75 Å². The number of fused-ring (bicyclic) bond motifs is 1. The van der Waals surface area contributed by atoms with Gasteiger partial charge in [-0.05, 0) is 29.7 Å². The van der Waals surface area contributed by atoms with Crippen LogP contribution in [0.4, 0.5) is 5.69 Å². The van der Waals surface area contributed by atoms with E-state index in [4.69, 9.17) is 9.47 Å². The number of carbonyl (C=O) groups is 1. The highest BCUT2D eigenvalue weighted by Gasteiger charge is 2.23. The van der Waals surface area contributed by atoms with Gasteiger partial charge in [-0.15, -0.1) is 0 Å².